The maximum absolute atomic E-state index is 10.9. The smallest absolute Gasteiger partial charge is 0.306 e. The largest absolute Gasteiger partial charge is 0.462 e. The summed E-state index contributed by atoms with van der Waals surface area (Å²) in [6, 6.07) is 0. The Morgan fingerprint density at radius 3 is 2.50 bits per heavy atom. The number of carbonyl (C=O) groups is 2. The van der Waals surface area contributed by atoms with Crippen LogP contribution in [0.25, 0.3) is 0 Å². The van der Waals surface area contributed by atoms with E-state index in [0.717, 1.165) is 6.42 Å². The van der Waals surface area contributed by atoms with E-state index < -0.39 is 11.3 Å². The Bertz CT molecular complexity index is 168. The van der Waals surface area contributed by atoms with Crippen molar-refractivity contribution in [2.24, 2.45) is 0 Å². The molecule has 0 aliphatic rings. The standard InChI is InChI=1S/C8H13ClO3/c1-3-4-8(11)12-6(2)5-7(9)10/h6H,3-5H2,1-2H3/t6-/m1/s1. The Balaban J connectivity index is 3.61. The zero-order valence-electron chi connectivity index (χ0n) is 7.30. The lowest BCUT2D eigenvalue weighted by molar-refractivity contribution is -0.148. The van der Waals surface area contributed by atoms with Crippen molar-refractivity contribution < 1.29 is 14.3 Å². The lowest BCUT2D eigenvalue weighted by Crippen LogP contribution is -2.16. The van der Waals surface area contributed by atoms with Gasteiger partial charge in [-0.15, -0.1) is 0 Å². The van der Waals surface area contributed by atoms with Gasteiger partial charge in [0.2, 0.25) is 5.24 Å². The highest BCUT2D eigenvalue weighted by Gasteiger charge is 2.11. The summed E-state index contributed by atoms with van der Waals surface area (Å²) in [7, 11) is 0. The molecule has 1 atom stereocenters. The van der Waals surface area contributed by atoms with Gasteiger partial charge < -0.3 is 4.74 Å². The fraction of sp³-hybridized carbons (Fsp3) is 0.750. The number of hydrogen-bond donors (Lipinski definition) is 0. The van der Waals surface area contributed by atoms with E-state index in [0.29, 0.717) is 6.42 Å². The van der Waals surface area contributed by atoms with Crippen LogP contribution in [0.1, 0.15) is 33.1 Å². The monoisotopic (exact) mass is 192 g/mol. The van der Waals surface area contributed by atoms with Crippen LogP contribution in [0, 0.1) is 0 Å². The average Bonchev–Trinajstić information content (AvgIpc) is 1.84. The van der Waals surface area contributed by atoms with Crippen molar-refractivity contribution in [1.82, 2.24) is 0 Å². The lowest BCUT2D eigenvalue weighted by Gasteiger charge is -2.09. The Kier molecular flexibility index (Phi) is 5.72. The molecule has 0 radical (unpaired) electrons. The number of carbonyl (C=O) groups excluding carboxylic acids is 2. The van der Waals surface area contributed by atoms with Gasteiger partial charge in [-0.2, -0.15) is 0 Å². The van der Waals surface area contributed by atoms with Gasteiger partial charge >= 0.3 is 5.97 Å². The minimum Gasteiger partial charge on any atom is -0.462 e. The van der Waals surface area contributed by atoms with Gasteiger partial charge in [0.05, 0.1) is 6.42 Å². The van der Waals surface area contributed by atoms with Crippen molar-refractivity contribution in [2.45, 2.75) is 39.2 Å². The highest BCUT2D eigenvalue weighted by atomic mass is 35.5. The first-order valence-corrected chi connectivity index (χ1v) is 4.31. The molecule has 0 aliphatic carbocycles. The summed E-state index contributed by atoms with van der Waals surface area (Å²) >= 11 is 5.10. The van der Waals surface area contributed by atoms with Gasteiger partial charge in [0, 0.05) is 6.42 Å². The Morgan fingerprint density at radius 1 is 1.50 bits per heavy atom. The van der Waals surface area contributed by atoms with Gasteiger partial charge in [0.15, 0.2) is 0 Å². The zero-order chi connectivity index (χ0) is 9.56. The quantitative estimate of drug-likeness (QED) is 0.494. The molecule has 0 heterocycles. The molecule has 0 N–H and O–H groups in total. The highest BCUT2D eigenvalue weighted by Crippen LogP contribution is 2.03. The van der Waals surface area contributed by atoms with Crippen LogP contribution in [0.15, 0.2) is 0 Å². The van der Waals surface area contributed by atoms with Crippen LogP contribution < -0.4 is 0 Å². The van der Waals surface area contributed by atoms with Crippen molar-refractivity contribution >= 4 is 22.8 Å². The van der Waals surface area contributed by atoms with Crippen molar-refractivity contribution in [2.75, 3.05) is 0 Å². The summed E-state index contributed by atoms with van der Waals surface area (Å²) in [5.74, 6) is -0.275. The zero-order valence-corrected chi connectivity index (χ0v) is 8.06. The van der Waals surface area contributed by atoms with E-state index in [2.05, 4.69) is 0 Å². The third kappa shape index (κ3) is 6.16. The van der Waals surface area contributed by atoms with Gasteiger partial charge in [-0.3, -0.25) is 9.59 Å². The van der Waals surface area contributed by atoms with Crippen LogP contribution in [-0.2, 0) is 14.3 Å². The van der Waals surface area contributed by atoms with Crippen LogP contribution >= 0.6 is 11.6 Å². The minimum absolute atomic E-state index is 0.0804. The van der Waals surface area contributed by atoms with E-state index in [-0.39, 0.29) is 12.4 Å². The maximum Gasteiger partial charge on any atom is 0.306 e. The molecule has 3 nitrogen and oxygen atoms in total. The number of rotatable bonds is 5. The van der Waals surface area contributed by atoms with Crippen LogP contribution in [0.4, 0.5) is 0 Å². The first-order valence-electron chi connectivity index (χ1n) is 3.94. The summed E-state index contributed by atoms with van der Waals surface area (Å²) in [5.41, 5.74) is 0. The van der Waals surface area contributed by atoms with Crippen molar-refractivity contribution in [3.8, 4) is 0 Å². The van der Waals surface area contributed by atoms with Gasteiger partial charge in [-0.25, -0.2) is 0 Å². The Morgan fingerprint density at radius 2 is 2.08 bits per heavy atom. The topological polar surface area (TPSA) is 43.4 Å². The molecule has 0 amide bonds. The fourth-order valence-corrected chi connectivity index (χ4v) is 0.972. The molecule has 0 rings (SSSR count). The molecule has 0 fully saturated rings. The molecular weight excluding hydrogens is 180 g/mol. The second-order valence-corrected chi connectivity index (χ2v) is 3.03. The molecule has 0 aromatic carbocycles. The van der Waals surface area contributed by atoms with Gasteiger partial charge in [0.25, 0.3) is 0 Å². The number of esters is 1. The molecule has 0 bridgehead atoms. The summed E-state index contributed by atoms with van der Waals surface area (Å²) in [5, 5.41) is -0.480. The predicted octanol–water partition coefficient (Wildman–Crippen LogP) is 1.87. The van der Waals surface area contributed by atoms with E-state index in [1.807, 2.05) is 6.92 Å². The molecule has 0 aromatic heterocycles. The summed E-state index contributed by atoms with van der Waals surface area (Å²) in [6.07, 6.45) is 0.812. The average molecular weight is 193 g/mol. The summed E-state index contributed by atoms with van der Waals surface area (Å²) in [6.45, 7) is 3.53. The molecule has 0 aromatic rings. The fourth-order valence-electron chi connectivity index (χ4n) is 0.755. The highest BCUT2D eigenvalue weighted by molar-refractivity contribution is 6.63. The van der Waals surface area contributed by atoms with Crippen molar-refractivity contribution in [3.05, 3.63) is 0 Å². The SMILES string of the molecule is CCCC(=O)O[C@H](C)CC(=O)Cl. The minimum atomic E-state index is -0.480. The normalized spacial score (nSPS) is 12.2. The Hall–Kier alpha value is -0.570. The van der Waals surface area contributed by atoms with Gasteiger partial charge in [-0.05, 0) is 24.9 Å². The van der Waals surface area contributed by atoms with E-state index in [4.69, 9.17) is 16.3 Å². The molecule has 70 valence electrons. The Labute approximate surface area is 77.0 Å². The molecule has 0 saturated heterocycles. The first-order chi connectivity index (χ1) is 5.56. The maximum atomic E-state index is 10.9. The molecule has 0 unspecified atom stereocenters. The molecule has 4 heteroatoms. The third-order valence-electron chi connectivity index (χ3n) is 1.23. The van der Waals surface area contributed by atoms with E-state index in [9.17, 15) is 9.59 Å². The second-order valence-electron chi connectivity index (χ2n) is 2.61. The molecular formula is C8H13ClO3. The lowest BCUT2D eigenvalue weighted by atomic mass is 10.3. The van der Waals surface area contributed by atoms with Crippen LogP contribution in [-0.4, -0.2) is 17.3 Å². The summed E-state index contributed by atoms with van der Waals surface area (Å²) < 4.78 is 4.86. The number of ether oxygens (including phenoxy) is 1. The van der Waals surface area contributed by atoms with Crippen LogP contribution in [0.5, 0.6) is 0 Å². The van der Waals surface area contributed by atoms with Crippen LogP contribution in [0.2, 0.25) is 0 Å². The first kappa shape index (κ1) is 11.4. The van der Waals surface area contributed by atoms with E-state index in [1.165, 1.54) is 0 Å². The van der Waals surface area contributed by atoms with Gasteiger partial charge in [0.1, 0.15) is 6.10 Å². The molecule has 0 aliphatic heterocycles. The number of halogens is 1. The molecule has 0 saturated carbocycles. The third-order valence-corrected chi connectivity index (χ3v) is 1.39. The summed E-state index contributed by atoms with van der Waals surface area (Å²) in [4.78, 5) is 21.2. The van der Waals surface area contributed by atoms with Crippen LogP contribution in [0.3, 0.4) is 0 Å². The van der Waals surface area contributed by atoms with Gasteiger partial charge in [-0.1, -0.05) is 6.92 Å². The predicted molar refractivity (Wildman–Crippen MR) is 45.9 cm³/mol. The van der Waals surface area contributed by atoms with E-state index >= 15 is 0 Å². The molecule has 0 spiro atoms. The van der Waals surface area contributed by atoms with Crippen molar-refractivity contribution in [1.29, 1.82) is 0 Å². The van der Waals surface area contributed by atoms with E-state index in [1.54, 1.807) is 6.92 Å². The molecule has 12 heavy (non-hydrogen) atoms. The van der Waals surface area contributed by atoms with Crippen molar-refractivity contribution in [3.63, 3.8) is 0 Å². The number of hydrogen-bond acceptors (Lipinski definition) is 3. The second kappa shape index (κ2) is 6.00.